The van der Waals surface area contributed by atoms with E-state index in [2.05, 4.69) is 7.05 Å². The number of nitrogens with zero attached hydrogens (tertiary/aromatic N) is 1. The van der Waals surface area contributed by atoms with Crippen LogP contribution in [0.1, 0.15) is 33.1 Å². The molecule has 15 heavy (non-hydrogen) atoms. The molecule has 0 saturated carbocycles. The highest BCUT2D eigenvalue weighted by Gasteiger charge is 2.41. The molecule has 0 atom stereocenters. The van der Waals surface area contributed by atoms with Gasteiger partial charge in [0.2, 0.25) is 0 Å². The zero-order chi connectivity index (χ0) is 11.7. The third-order valence-corrected chi connectivity index (χ3v) is 3.33. The SMILES string of the molecule is CC(C)(N)CC[N+]1(C)CCC(F)(F)CC1. The summed E-state index contributed by atoms with van der Waals surface area (Å²) in [6, 6.07) is 0. The first-order valence-corrected chi connectivity index (χ1v) is 5.62. The van der Waals surface area contributed by atoms with E-state index in [9.17, 15) is 8.78 Å². The monoisotopic (exact) mass is 221 g/mol. The fourth-order valence-corrected chi connectivity index (χ4v) is 1.89. The Morgan fingerprint density at radius 3 is 2.13 bits per heavy atom. The van der Waals surface area contributed by atoms with Gasteiger partial charge in [-0.2, -0.15) is 0 Å². The van der Waals surface area contributed by atoms with Crippen molar-refractivity contribution in [3.8, 4) is 0 Å². The first kappa shape index (κ1) is 12.8. The summed E-state index contributed by atoms with van der Waals surface area (Å²) in [6.45, 7) is 6.02. The Morgan fingerprint density at radius 1 is 1.27 bits per heavy atom. The molecule has 0 spiro atoms. The highest BCUT2D eigenvalue weighted by molar-refractivity contribution is 4.74. The molecule has 4 heteroatoms. The molecule has 1 aliphatic heterocycles. The van der Waals surface area contributed by atoms with Gasteiger partial charge in [-0.3, -0.25) is 0 Å². The smallest absolute Gasteiger partial charge is 0.258 e. The van der Waals surface area contributed by atoms with Crippen molar-refractivity contribution in [1.82, 2.24) is 0 Å². The number of alkyl halides is 2. The van der Waals surface area contributed by atoms with Crippen LogP contribution < -0.4 is 5.73 Å². The van der Waals surface area contributed by atoms with E-state index in [4.69, 9.17) is 5.73 Å². The molecule has 1 saturated heterocycles. The van der Waals surface area contributed by atoms with Crippen LogP contribution in [0.5, 0.6) is 0 Å². The van der Waals surface area contributed by atoms with E-state index in [-0.39, 0.29) is 18.4 Å². The van der Waals surface area contributed by atoms with Crippen molar-refractivity contribution in [1.29, 1.82) is 0 Å². The Kier molecular flexibility index (Phi) is 3.41. The van der Waals surface area contributed by atoms with Crippen LogP contribution in [0.15, 0.2) is 0 Å². The Hall–Kier alpha value is -0.220. The lowest BCUT2D eigenvalue weighted by atomic mass is 9.99. The maximum absolute atomic E-state index is 13.0. The fraction of sp³-hybridized carbons (Fsp3) is 1.00. The van der Waals surface area contributed by atoms with Crippen molar-refractivity contribution in [3.63, 3.8) is 0 Å². The van der Waals surface area contributed by atoms with Gasteiger partial charge in [0.1, 0.15) is 0 Å². The molecule has 90 valence electrons. The molecule has 0 aromatic carbocycles. The van der Waals surface area contributed by atoms with E-state index in [0.717, 1.165) is 17.4 Å². The van der Waals surface area contributed by atoms with E-state index < -0.39 is 5.92 Å². The molecular formula is C11H23F2N2+. The number of rotatable bonds is 3. The molecule has 1 heterocycles. The van der Waals surface area contributed by atoms with Gasteiger partial charge in [-0.15, -0.1) is 0 Å². The van der Waals surface area contributed by atoms with Gasteiger partial charge in [0.25, 0.3) is 5.92 Å². The van der Waals surface area contributed by atoms with Crippen LogP contribution in [-0.2, 0) is 0 Å². The van der Waals surface area contributed by atoms with Crippen molar-refractivity contribution in [2.24, 2.45) is 5.73 Å². The molecule has 0 amide bonds. The number of hydrogen-bond acceptors (Lipinski definition) is 1. The van der Waals surface area contributed by atoms with Gasteiger partial charge in [-0.1, -0.05) is 0 Å². The van der Waals surface area contributed by atoms with Crippen molar-refractivity contribution in [3.05, 3.63) is 0 Å². The van der Waals surface area contributed by atoms with Crippen LogP contribution in [0, 0.1) is 0 Å². The number of halogens is 2. The van der Waals surface area contributed by atoms with Crippen LogP contribution in [0.4, 0.5) is 8.78 Å². The normalized spacial score (nSPS) is 25.2. The van der Waals surface area contributed by atoms with E-state index in [0.29, 0.717) is 13.1 Å². The maximum Gasteiger partial charge on any atom is 0.258 e. The fourth-order valence-electron chi connectivity index (χ4n) is 1.89. The largest absolute Gasteiger partial charge is 0.326 e. The lowest BCUT2D eigenvalue weighted by Gasteiger charge is -2.41. The summed E-state index contributed by atoms with van der Waals surface area (Å²) < 4.78 is 26.7. The molecule has 0 aromatic heterocycles. The Balaban J connectivity index is 2.42. The summed E-state index contributed by atoms with van der Waals surface area (Å²) in [5.41, 5.74) is 5.71. The van der Waals surface area contributed by atoms with E-state index >= 15 is 0 Å². The summed E-state index contributed by atoms with van der Waals surface area (Å²) >= 11 is 0. The second-order valence-electron chi connectivity index (χ2n) is 5.88. The average Bonchev–Trinajstić information content (AvgIpc) is 2.07. The third-order valence-electron chi connectivity index (χ3n) is 3.33. The Morgan fingerprint density at radius 2 is 1.73 bits per heavy atom. The minimum Gasteiger partial charge on any atom is -0.326 e. The number of quaternary nitrogens is 1. The number of nitrogens with two attached hydrogens (primary N) is 1. The zero-order valence-electron chi connectivity index (χ0n) is 10.0. The number of piperidine rings is 1. The lowest BCUT2D eigenvalue weighted by Crippen LogP contribution is -2.54. The van der Waals surface area contributed by atoms with Crippen LogP contribution in [0.2, 0.25) is 0 Å². The van der Waals surface area contributed by atoms with Crippen molar-refractivity contribution < 1.29 is 13.3 Å². The van der Waals surface area contributed by atoms with Crippen LogP contribution >= 0.6 is 0 Å². The van der Waals surface area contributed by atoms with Gasteiger partial charge in [0.05, 0.1) is 39.5 Å². The third kappa shape index (κ3) is 4.43. The van der Waals surface area contributed by atoms with Gasteiger partial charge in [-0.25, -0.2) is 8.78 Å². The summed E-state index contributed by atoms with van der Waals surface area (Å²) in [4.78, 5) is 0. The van der Waals surface area contributed by atoms with Crippen molar-refractivity contribution in [2.75, 3.05) is 26.7 Å². The second kappa shape index (κ2) is 3.98. The summed E-state index contributed by atoms with van der Waals surface area (Å²) in [7, 11) is 2.06. The molecule has 1 fully saturated rings. The molecular weight excluding hydrogens is 198 g/mol. The minimum atomic E-state index is -2.43. The lowest BCUT2D eigenvalue weighted by molar-refractivity contribution is -0.917. The van der Waals surface area contributed by atoms with Crippen molar-refractivity contribution >= 4 is 0 Å². The number of hydrogen-bond donors (Lipinski definition) is 1. The molecule has 0 unspecified atom stereocenters. The molecule has 0 radical (unpaired) electrons. The van der Waals surface area contributed by atoms with Crippen LogP contribution in [-0.4, -0.2) is 42.6 Å². The van der Waals surface area contributed by atoms with Gasteiger partial charge >= 0.3 is 0 Å². The zero-order valence-corrected chi connectivity index (χ0v) is 10.0. The first-order valence-electron chi connectivity index (χ1n) is 5.62. The Bertz CT molecular complexity index is 211. The Labute approximate surface area is 91.0 Å². The van der Waals surface area contributed by atoms with Crippen LogP contribution in [0.25, 0.3) is 0 Å². The van der Waals surface area contributed by atoms with Crippen molar-refractivity contribution in [2.45, 2.75) is 44.6 Å². The highest BCUT2D eigenvalue weighted by atomic mass is 19.3. The summed E-state index contributed by atoms with van der Waals surface area (Å²) in [5.74, 6) is -2.43. The average molecular weight is 221 g/mol. The minimum absolute atomic E-state index is 0.0223. The summed E-state index contributed by atoms with van der Waals surface area (Å²) in [5, 5.41) is 0. The molecule has 1 aliphatic rings. The molecule has 2 N–H and O–H groups in total. The molecule has 0 bridgehead atoms. The maximum atomic E-state index is 13.0. The van der Waals surface area contributed by atoms with Gasteiger partial charge < -0.3 is 10.2 Å². The van der Waals surface area contributed by atoms with E-state index in [1.807, 2.05) is 13.8 Å². The van der Waals surface area contributed by atoms with E-state index in [1.54, 1.807) is 0 Å². The van der Waals surface area contributed by atoms with Crippen LogP contribution in [0.3, 0.4) is 0 Å². The highest BCUT2D eigenvalue weighted by Crippen LogP contribution is 2.31. The molecule has 0 aliphatic carbocycles. The standard InChI is InChI=1S/C11H23F2N2/c1-10(2,14)4-7-15(3)8-5-11(12,13)6-9-15/h4-9,14H2,1-3H3/q+1. The predicted octanol–water partition coefficient (Wildman–Crippen LogP) is 1.99. The first-order chi connectivity index (χ1) is 6.62. The van der Waals surface area contributed by atoms with Gasteiger partial charge in [0.15, 0.2) is 0 Å². The molecule has 2 nitrogen and oxygen atoms in total. The van der Waals surface area contributed by atoms with Gasteiger partial charge in [0, 0.05) is 12.0 Å². The number of likely N-dealkylation sites (tertiary alicyclic amines) is 1. The molecule has 0 aromatic rings. The topological polar surface area (TPSA) is 26.0 Å². The van der Waals surface area contributed by atoms with E-state index in [1.165, 1.54) is 0 Å². The quantitative estimate of drug-likeness (QED) is 0.725. The van der Waals surface area contributed by atoms with Gasteiger partial charge in [-0.05, 0) is 13.8 Å². The molecule has 1 rings (SSSR count). The second-order valence-corrected chi connectivity index (χ2v) is 5.88. The predicted molar refractivity (Wildman–Crippen MR) is 57.8 cm³/mol. The summed E-state index contributed by atoms with van der Waals surface area (Å²) in [6.07, 6.45) is 0.929.